The number of hydrogen-bond acceptors (Lipinski definition) is 2. The van der Waals surface area contributed by atoms with Crippen LogP contribution in [0.15, 0.2) is 12.4 Å². The summed E-state index contributed by atoms with van der Waals surface area (Å²) >= 11 is -0.346. The molecule has 0 aromatic rings. The molecule has 0 N–H and O–H groups in total. The first-order valence-corrected chi connectivity index (χ1v) is 10.9. The van der Waals surface area contributed by atoms with Crippen molar-refractivity contribution < 1.29 is 15.1 Å². The first-order valence-electron chi connectivity index (χ1n) is 6.39. The van der Waals surface area contributed by atoms with Gasteiger partial charge in [0, 0.05) is 24.5 Å². The zero-order chi connectivity index (χ0) is 15.4. The summed E-state index contributed by atoms with van der Waals surface area (Å²) < 4.78 is 0. The van der Waals surface area contributed by atoms with E-state index in [0.717, 1.165) is 0 Å². The van der Waals surface area contributed by atoms with Crippen LogP contribution in [0.25, 0.3) is 0 Å². The van der Waals surface area contributed by atoms with Crippen molar-refractivity contribution in [1.82, 2.24) is 9.80 Å². The summed E-state index contributed by atoms with van der Waals surface area (Å²) in [7, 11) is 9.71. The standard InChI is InChI=1S/C9H16N2.C6H6.2ClH.Ru/c1-8(2)10-5-6-11(7-10)9(3)4;1-2-4-6-5-3-1;;;/h5-6,8-9H,1-4H3;1-6H;2*1H;/q;;;;+2/p-2. The van der Waals surface area contributed by atoms with E-state index in [0.29, 0.717) is 12.1 Å². The maximum absolute atomic E-state index is 4.85. The van der Waals surface area contributed by atoms with Crippen LogP contribution in [0.1, 0.15) is 27.7 Å². The first-order chi connectivity index (χ1) is 9.52. The number of rotatable bonds is 2. The maximum atomic E-state index is 4.85. The van der Waals surface area contributed by atoms with Crippen molar-refractivity contribution in [2.45, 2.75) is 39.8 Å². The molecule has 5 heteroatoms. The molecule has 8 radical (unpaired) electrons. The van der Waals surface area contributed by atoms with Gasteiger partial charge in [0.05, 0.1) is 0 Å². The van der Waals surface area contributed by atoms with Crippen LogP contribution in [0.4, 0.5) is 0 Å². The summed E-state index contributed by atoms with van der Waals surface area (Å²) in [5.41, 5.74) is 0. The molecule has 1 fully saturated rings. The predicted octanol–water partition coefficient (Wildman–Crippen LogP) is 4.49. The molecule has 1 aliphatic carbocycles. The average molecular weight is 402 g/mol. The van der Waals surface area contributed by atoms with Crippen molar-refractivity contribution in [3.05, 3.63) is 57.6 Å². The van der Waals surface area contributed by atoms with E-state index >= 15 is 0 Å². The molecule has 0 atom stereocenters. The Kier molecular flexibility index (Phi) is 13.6. The summed E-state index contributed by atoms with van der Waals surface area (Å²) in [6.45, 7) is 11.9. The molecule has 0 aromatic heterocycles. The summed E-state index contributed by atoms with van der Waals surface area (Å²) in [6.07, 6.45) is 16.1. The third-order valence-electron chi connectivity index (χ3n) is 2.40. The second kappa shape index (κ2) is 13.2. The summed E-state index contributed by atoms with van der Waals surface area (Å²) in [5, 5.41) is 0. The van der Waals surface area contributed by atoms with Crippen molar-refractivity contribution in [2.24, 2.45) is 0 Å². The fraction of sp³-hybridized carbons (Fsp3) is 0.400. The molecule has 0 spiro atoms. The van der Waals surface area contributed by atoms with Gasteiger partial charge in [0.15, 0.2) is 0 Å². The Morgan fingerprint density at radius 3 is 1.15 bits per heavy atom. The van der Waals surface area contributed by atoms with E-state index in [1.54, 1.807) is 0 Å². The van der Waals surface area contributed by atoms with Gasteiger partial charge in [-0.1, -0.05) is 0 Å². The van der Waals surface area contributed by atoms with Crippen molar-refractivity contribution in [1.29, 1.82) is 0 Å². The fourth-order valence-corrected chi connectivity index (χ4v) is 1.30. The molecule has 0 aromatic carbocycles. The first kappa shape index (κ1) is 20.5. The van der Waals surface area contributed by atoms with Crippen molar-refractivity contribution in [3.63, 3.8) is 0 Å². The normalized spacial score (nSPS) is 18.0. The van der Waals surface area contributed by atoms with Gasteiger partial charge in [-0.3, -0.25) is 0 Å². The predicted molar refractivity (Wildman–Crippen MR) is 83.8 cm³/mol. The second-order valence-electron chi connectivity index (χ2n) is 4.61. The van der Waals surface area contributed by atoms with Gasteiger partial charge in [-0.25, -0.2) is 0 Å². The molecular formula is C15H22Cl2N2Ru. The Hall–Kier alpha value is 0.543. The van der Waals surface area contributed by atoms with Gasteiger partial charge in [0.2, 0.25) is 6.67 Å². The Morgan fingerprint density at radius 2 is 1.00 bits per heavy atom. The average Bonchev–Trinajstić information content (AvgIpc) is 2.92. The van der Waals surface area contributed by atoms with Crippen molar-refractivity contribution >= 4 is 19.4 Å². The van der Waals surface area contributed by atoms with Crippen LogP contribution in [0.3, 0.4) is 0 Å². The van der Waals surface area contributed by atoms with E-state index < -0.39 is 0 Å². The summed E-state index contributed by atoms with van der Waals surface area (Å²) in [5.74, 6) is 0. The zero-order valence-corrected chi connectivity index (χ0v) is 15.5. The molecule has 1 heterocycles. The Morgan fingerprint density at radius 1 is 0.750 bits per heavy atom. The molecule has 0 unspecified atom stereocenters. The Balaban J connectivity index is 0.000000336. The molecule has 20 heavy (non-hydrogen) atoms. The van der Waals surface area contributed by atoms with Crippen LogP contribution >= 0.6 is 19.4 Å². The van der Waals surface area contributed by atoms with Crippen molar-refractivity contribution in [2.75, 3.05) is 0 Å². The van der Waals surface area contributed by atoms with Crippen LogP contribution in [-0.2, 0) is 15.1 Å². The fourth-order valence-electron chi connectivity index (χ4n) is 1.30. The summed E-state index contributed by atoms with van der Waals surface area (Å²) in [4.78, 5) is 4.17. The molecule has 0 saturated heterocycles. The third kappa shape index (κ3) is 10.3. The van der Waals surface area contributed by atoms with E-state index in [9.17, 15) is 0 Å². The molecule has 2 nitrogen and oxygen atoms in total. The van der Waals surface area contributed by atoms with Gasteiger partial charge in [0.1, 0.15) is 0 Å². The molecular weight excluding hydrogens is 380 g/mol. The van der Waals surface area contributed by atoms with E-state index in [2.05, 4.69) is 56.6 Å². The number of hydrogen-bond donors (Lipinski definition) is 0. The molecule has 2 rings (SSSR count). The quantitative estimate of drug-likeness (QED) is 0.628. The van der Waals surface area contributed by atoms with Crippen LogP contribution < -0.4 is 0 Å². The van der Waals surface area contributed by atoms with Gasteiger partial charge in [-0.05, 0) is 66.2 Å². The van der Waals surface area contributed by atoms with E-state index in [4.69, 9.17) is 19.4 Å². The minimum atomic E-state index is -0.346. The van der Waals surface area contributed by atoms with Gasteiger partial charge in [-0.2, -0.15) is 0 Å². The van der Waals surface area contributed by atoms with Crippen LogP contribution in [0.5, 0.6) is 0 Å². The summed E-state index contributed by atoms with van der Waals surface area (Å²) in [6, 6.07) is 1.02. The monoisotopic (exact) mass is 402 g/mol. The minimum absolute atomic E-state index is 0.346. The van der Waals surface area contributed by atoms with E-state index in [1.807, 2.05) is 38.5 Å². The molecule has 1 saturated carbocycles. The van der Waals surface area contributed by atoms with Crippen LogP contribution in [0, 0.1) is 45.2 Å². The Labute approximate surface area is 141 Å². The third-order valence-corrected chi connectivity index (χ3v) is 2.40. The Bertz CT molecular complexity index is 217. The van der Waals surface area contributed by atoms with Gasteiger partial charge in [0.25, 0.3) is 0 Å². The van der Waals surface area contributed by atoms with Crippen LogP contribution in [-0.4, -0.2) is 21.9 Å². The van der Waals surface area contributed by atoms with E-state index in [1.165, 1.54) is 0 Å². The number of halogens is 2. The number of nitrogens with zero attached hydrogens (tertiary/aromatic N) is 2. The van der Waals surface area contributed by atoms with Crippen molar-refractivity contribution in [3.8, 4) is 0 Å². The SMILES string of the molecule is CC(C)N1[C]N(C(C)C)C=C1.[CH]1[CH][CH][CH][CH][CH]1.[Cl][Ru][Cl]. The van der Waals surface area contributed by atoms with Crippen LogP contribution in [0.2, 0.25) is 0 Å². The molecule has 1 aliphatic heterocycles. The molecule has 114 valence electrons. The molecule has 0 amide bonds. The van der Waals surface area contributed by atoms with Gasteiger partial charge >= 0.3 is 34.5 Å². The second-order valence-corrected chi connectivity index (χ2v) is 7.24. The zero-order valence-electron chi connectivity index (χ0n) is 12.3. The topological polar surface area (TPSA) is 6.48 Å². The van der Waals surface area contributed by atoms with Gasteiger partial charge < -0.3 is 9.80 Å². The molecule has 0 bridgehead atoms. The van der Waals surface area contributed by atoms with E-state index in [-0.39, 0.29) is 15.1 Å². The molecule has 2 aliphatic rings. The van der Waals surface area contributed by atoms with Gasteiger partial charge in [-0.15, -0.1) is 0 Å².